The molecule has 0 N–H and O–H groups in total. The van der Waals surface area contributed by atoms with Crippen LogP contribution in [-0.4, -0.2) is 21.5 Å². The number of rotatable bonds is 3. The molecular formula is C16H8N2O2S2. The Bertz CT molecular complexity index is 883. The van der Waals surface area contributed by atoms with Gasteiger partial charge in [-0.25, -0.2) is 9.97 Å². The van der Waals surface area contributed by atoms with E-state index in [1.807, 2.05) is 48.5 Å². The van der Waals surface area contributed by atoms with E-state index in [0.29, 0.717) is 0 Å². The Morgan fingerprint density at radius 3 is 1.50 bits per heavy atom. The first-order chi connectivity index (χ1) is 10.7. The standard InChI is InChI=1S/C16H8N2O2S2/c19-13(15-17-9-5-1-3-7-11(9)21-15)14(20)16-18-10-6-2-4-8-12(10)22-16/h1-8H. The predicted octanol–water partition coefficient (Wildman–Crippen LogP) is 3.97. The summed E-state index contributed by atoms with van der Waals surface area (Å²) in [5, 5.41) is 0.427. The monoisotopic (exact) mass is 324 g/mol. The Labute approximate surface area is 133 Å². The summed E-state index contributed by atoms with van der Waals surface area (Å²) in [7, 11) is 0. The molecule has 4 nitrogen and oxygen atoms in total. The summed E-state index contributed by atoms with van der Waals surface area (Å²) in [6.07, 6.45) is 0. The fourth-order valence-electron chi connectivity index (χ4n) is 2.13. The first-order valence-electron chi connectivity index (χ1n) is 6.52. The van der Waals surface area contributed by atoms with E-state index in [0.717, 1.165) is 20.4 Å². The van der Waals surface area contributed by atoms with Crippen molar-refractivity contribution in [2.75, 3.05) is 0 Å². The van der Waals surface area contributed by atoms with Gasteiger partial charge in [-0.05, 0) is 24.3 Å². The van der Waals surface area contributed by atoms with Gasteiger partial charge in [-0.2, -0.15) is 0 Å². The first-order valence-corrected chi connectivity index (χ1v) is 8.16. The number of carbonyl (C=O) groups excluding carboxylic acids is 2. The summed E-state index contributed by atoms with van der Waals surface area (Å²) in [5.74, 6) is -1.19. The molecule has 2 heterocycles. The van der Waals surface area contributed by atoms with E-state index in [2.05, 4.69) is 9.97 Å². The maximum absolute atomic E-state index is 12.4. The van der Waals surface area contributed by atoms with Crippen molar-refractivity contribution in [3.8, 4) is 0 Å². The first kappa shape index (κ1) is 13.2. The van der Waals surface area contributed by atoms with Crippen LogP contribution in [0.4, 0.5) is 0 Å². The Balaban J connectivity index is 1.73. The van der Waals surface area contributed by atoms with Gasteiger partial charge in [-0.15, -0.1) is 22.7 Å². The fraction of sp³-hybridized carbons (Fsp3) is 0. The van der Waals surface area contributed by atoms with Gasteiger partial charge in [0.15, 0.2) is 10.0 Å². The smallest absolute Gasteiger partial charge is 0.264 e. The lowest BCUT2D eigenvalue weighted by Gasteiger charge is -1.91. The van der Waals surface area contributed by atoms with Crippen LogP contribution >= 0.6 is 22.7 Å². The normalized spacial score (nSPS) is 11.1. The molecule has 0 aliphatic carbocycles. The summed E-state index contributed by atoms with van der Waals surface area (Å²) in [5.41, 5.74) is 1.46. The molecule has 0 saturated heterocycles. The fourth-order valence-corrected chi connectivity index (χ4v) is 3.94. The molecule has 6 heteroatoms. The third kappa shape index (κ3) is 2.13. The second kappa shape index (κ2) is 5.08. The zero-order valence-electron chi connectivity index (χ0n) is 11.1. The van der Waals surface area contributed by atoms with E-state index >= 15 is 0 Å². The number of aromatic nitrogens is 2. The number of hydrogen-bond acceptors (Lipinski definition) is 6. The average molecular weight is 324 g/mol. The maximum Gasteiger partial charge on any atom is 0.264 e. The zero-order valence-corrected chi connectivity index (χ0v) is 12.8. The number of Topliss-reactive ketones (excluding diaryl/α,β-unsaturated/α-hetero) is 2. The van der Waals surface area contributed by atoms with Crippen molar-refractivity contribution >= 4 is 54.7 Å². The number of para-hydroxylation sites is 2. The molecule has 0 amide bonds. The molecule has 4 aromatic rings. The Morgan fingerprint density at radius 1 is 0.682 bits per heavy atom. The molecule has 0 radical (unpaired) electrons. The number of thiazole rings is 2. The van der Waals surface area contributed by atoms with E-state index < -0.39 is 11.6 Å². The summed E-state index contributed by atoms with van der Waals surface area (Å²) < 4.78 is 1.78. The second-order valence-electron chi connectivity index (χ2n) is 4.63. The zero-order chi connectivity index (χ0) is 15.1. The predicted molar refractivity (Wildman–Crippen MR) is 87.9 cm³/mol. The summed E-state index contributed by atoms with van der Waals surface area (Å²) in [6, 6.07) is 14.9. The molecule has 0 saturated carbocycles. The number of benzene rings is 2. The quantitative estimate of drug-likeness (QED) is 0.422. The van der Waals surface area contributed by atoms with E-state index in [-0.39, 0.29) is 10.0 Å². The van der Waals surface area contributed by atoms with Gasteiger partial charge >= 0.3 is 0 Å². The highest BCUT2D eigenvalue weighted by atomic mass is 32.1. The molecule has 4 rings (SSSR count). The SMILES string of the molecule is O=C(C(=O)c1nc2ccccc2s1)c1nc2ccccc2s1. The molecule has 22 heavy (non-hydrogen) atoms. The lowest BCUT2D eigenvalue weighted by Crippen LogP contribution is -2.13. The van der Waals surface area contributed by atoms with E-state index in [9.17, 15) is 9.59 Å². The molecule has 0 atom stereocenters. The van der Waals surface area contributed by atoms with Gasteiger partial charge < -0.3 is 0 Å². The van der Waals surface area contributed by atoms with Crippen LogP contribution in [0.5, 0.6) is 0 Å². The highest BCUT2D eigenvalue weighted by molar-refractivity contribution is 7.23. The van der Waals surface area contributed by atoms with Crippen molar-refractivity contribution in [3.05, 3.63) is 58.5 Å². The molecule has 0 aliphatic rings. The number of nitrogens with zero attached hydrogens (tertiary/aromatic N) is 2. The van der Waals surface area contributed by atoms with Crippen molar-refractivity contribution < 1.29 is 9.59 Å². The lowest BCUT2D eigenvalue weighted by molar-refractivity contribution is 0.0817. The number of fused-ring (bicyclic) bond motifs is 2. The van der Waals surface area contributed by atoms with Crippen LogP contribution in [0.1, 0.15) is 19.6 Å². The molecule has 0 aliphatic heterocycles. The molecule has 0 bridgehead atoms. The number of ketones is 2. The molecule has 0 fully saturated rings. The van der Waals surface area contributed by atoms with Crippen molar-refractivity contribution in [1.29, 1.82) is 0 Å². The van der Waals surface area contributed by atoms with Crippen LogP contribution in [0.25, 0.3) is 20.4 Å². The molecule has 2 aromatic heterocycles. The van der Waals surface area contributed by atoms with Crippen molar-refractivity contribution in [3.63, 3.8) is 0 Å². The minimum Gasteiger partial charge on any atom is -0.282 e. The van der Waals surface area contributed by atoms with E-state index in [1.165, 1.54) is 22.7 Å². The van der Waals surface area contributed by atoms with Crippen LogP contribution in [0.15, 0.2) is 48.5 Å². The van der Waals surface area contributed by atoms with Gasteiger partial charge in [0.05, 0.1) is 20.4 Å². The van der Waals surface area contributed by atoms with Crippen LogP contribution in [0.2, 0.25) is 0 Å². The van der Waals surface area contributed by atoms with Crippen molar-refractivity contribution in [2.24, 2.45) is 0 Å². The molecule has 2 aromatic carbocycles. The Hall–Kier alpha value is -2.44. The third-order valence-corrected chi connectivity index (χ3v) is 5.25. The van der Waals surface area contributed by atoms with Gasteiger partial charge in [0.1, 0.15) is 0 Å². The Kier molecular flexibility index (Phi) is 3.06. The molecule has 106 valence electrons. The van der Waals surface area contributed by atoms with Gasteiger partial charge in [0.25, 0.3) is 11.6 Å². The van der Waals surface area contributed by atoms with Crippen LogP contribution in [-0.2, 0) is 0 Å². The van der Waals surface area contributed by atoms with E-state index in [1.54, 1.807) is 0 Å². The van der Waals surface area contributed by atoms with Gasteiger partial charge in [-0.1, -0.05) is 24.3 Å². The minimum absolute atomic E-state index is 0.213. The third-order valence-electron chi connectivity index (χ3n) is 3.18. The van der Waals surface area contributed by atoms with Crippen molar-refractivity contribution in [2.45, 2.75) is 0 Å². The minimum atomic E-state index is -0.597. The summed E-state index contributed by atoms with van der Waals surface area (Å²) >= 11 is 2.46. The number of hydrogen-bond donors (Lipinski definition) is 0. The lowest BCUT2D eigenvalue weighted by atomic mass is 10.3. The summed E-state index contributed by atoms with van der Waals surface area (Å²) in [6.45, 7) is 0. The Morgan fingerprint density at radius 2 is 1.09 bits per heavy atom. The highest BCUT2D eigenvalue weighted by Crippen LogP contribution is 2.25. The topological polar surface area (TPSA) is 59.9 Å². The second-order valence-corrected chi connectivity index (χ2v) is 6.69. The highest BCUT2D eigenvalue weighted by Gasteiger charge is 2.25. The number of carbonyl (C=O) groups is 2. The van der Waals surface area contributed by atoms with Crippen LogP contribution < -0.4 is 0 Å². The van der Waals surface area contributed by atoms with Gasteiger partial charge in [-0.3, -0.25) is 9.59 Å². The van der Waals surface area contributed by atoms with Crippen LogP contribution in [0, 0.1) is 0 Å². The molecule has 0 spiro atoms. The average Bonchev–Trinajstić information content (AvgIpc) is 3.16. The maximum atomic E-state index is 12.4. The van der Waals surface area contributed by atoms with E-state index in [4.69, 9.17) is 0 Å². The molecule has 0 unspecified atom stereocenters. The largest absolute Gasteiger partial charge is 0.282 e. The van der Waals surface area contributed by atoms with Gasteiger partial charge in [0, 0.05) is 0 Å². The van der Waals surface area contributed by atoms with Crippen molar-refractivity contribution in [1.82, 2.24) is 9.97 Å². The summed E-state index contributed by atoms with van der Waals surface area (Å²) in [4.78, 5) is 33.2. The van der Waals surface area contributed by atoms with Gasteiger partial charge in [0.2, 0.25) is 0 Å². The van der Waals surface area contributed by atoms with Crippen LogP contribution in [0.3, 0.4) is 0 Å². The molecular weight excluding hydrogens is 316 g/mol.